The summed E-state index contributed by atoms with van der Waals surface area (Å²) in [6.45, 7) is 0. The van der Waals surface area contributed by atoms with Gasteiger partial charge in [0.1, 0.15) is 0 Å². The molecule has 2 fully saturated rings. The number of carbonyl (C=O) groups is 1. The Balaban J connectivity index is 2.10. The first-order valence-electron chi connectivity index (χ1n) is 7.95. The van der Waals surface area contributed by atoms with Crippen molar-refractivity contribution in [2.45, 2.75) is 83.5 Å². The lowest BCUT2D eigenvalue weighted by Crippen LogP contribution is -2.35. The smallest absolute Gasteiger partial charge is 0.303 e. The Morgan fingerprint density at radius 2 is 1.39 bits per heavy atom. The van der Waals surface area contributed by atoms with Gasteiger partial charge in [0.15, 0.2) is 0 Å². The van der Waals surface area contributed by atoms with Crippen molar-refractivity contribution in [2.24, 2.45) is 11.3 Å². The Hall–Kier alpha value is -0.530. The first kappa shape index (κ1) is 13.9. The van der Waals surface area contributed by atoms with Gasteiger partial charge in [-0.15, -0.1) is 0 Å². The number of rotatable bonds is 3. The summed E-state index contributed by atoms with van der Waals surface area (Å²) in [5.74, 6) is 0.126. The van der Waals surface area contributed by atoms with E-state index in [-0.39, 0.29) is 5.41 Å². The van der Waals surface area contributed by atoms with E-state index >= 15 is 0 Å². The number of carboxylic acids is 1. The monoisotopic (exact) mass is 252 g/mol. The minimum absolute atomic E-state index is 0.146. The second-order valence-corrected chi connectivity index (χ2v) is 6.54. The molecule has 2 rings (SSSR count). The summed E-state index contributed by atoms with van der Waals surface area (Å²) in [4.78, 5) is 11.3. The molecule has 2 nitrogen and oxygen atoms in total. The van der Waals surface area contributed by atoms with Crippen LogP contribution in [0.4, 0.5) is 0 Å². The molecule has 2 heteroatoms. The van der Waals surface area contributed by atoms with E-state index in [1.54, 1.807) is 0 Å². The summed E-state index contributed by atoms with van der Waals surface area (Å²) < 4.78 is 0. The molecule has 0 saturated heterocycles. The number of carboxylic acid groups (broad SMARTS) is 1. The van der Waals surface area contributed by atoms with E-state index in [9.17, 15) is 9.90 Å². The molecule has 0 radical (unpaired) electrons. The Labute approximate surface area is 111 Å². The molecule has 2 saturated carbocycles. The molecule has 0 aromatic heterocycles. The lowest BCUT2D eigenvalue weighted by Gasteiger charge is -2.43. The van der Waals surface area contributed by atoms with Gasteiger partial charge in [-0.05, 0) is 37.0 Å². The lowest BCUT2D eigenvalue weighted by molar-refractivity contribution is -0.141. The maximum Gasteiger partial charge on any atom is 0.303 e. The maximum absolute atomic E-state index is 11.3. The van der Waals surface area contributed by atoms with Crippen molar-refractivity contribution in [3.8, 4) is 0 Å². The Morgan fingerprint density at radius 3 is 1.94 bits per heavy atom. The van der Waals surface area contributed by atoms with E-state index in [1.165, 1.54) is 77.0 Å². The highest BCUT2D eigenvalue weighted by Crippen LogP contribution is 2.49. The second kappa shape index (κ2) is 6.58. The Kier molecular flexibility index (Phi) is 5.08. The van der Waals surface area contributed by atoms with E-state index < -0.39 is 5.97 Å². The fourth-order valence-electron chi connectivity index (χ4n) is 4.35. The molecule has 18 heavy (non-hydrogen) atoms. The fourth-order valence-corrected chi connectivity index (χ4v) is 4.35. The topological polar surface area (TPSA) is 37.3 Å². The normalized spacial score (nSPS) is 26.2. The van der Waals surface area contributed by atoms with E-state index in [0.717, 1.165) is 0 Å². The molecule has 0 unspecified atom stereocenters. The van der Waals surface area contributed by atoms with Gasteiger partial charge in [0.25, 0.3) is 0 Å². The summed E-state index contributed by atoms with van der Waals surface area (Å²) >= 11 is 0. The number of hydrogen-bond acceptors (Lipinski definition) is 1. The molecule has 0 heterocycles. The van der Waals surface area contributed by atoms with Crippen LogP contribution in [-0.2, 0) is 4.79 Å². The van der Waals surface area contributed by atoms with Gasteiger partial charge in [0, 0.05) is 0 Å². The average Bonchev–Trinajstić information content (AvgIpc) is 2.33. The van der Waals surface area contributed by atoms with Crippen LogP contribution < -0.4 is 0 Å². The molecular formula is C16H28O2. The number of hydrogen-bond donors (Lipinski definition) is 1. The number of aliphatic carboxylic acids is 1. The van der Waals surface area contributed by atoms with E-state index in [4.69, 9.17) is 0 Å². The van der Waals surface area contributed by atoms with Gasteiger partial charge in [-0.3, -0.25) is 4.79 Å². The molecule has 0 atom stereocenters. The van der Waals surface area contributed by atoms with Gasteiger partial charge < -0.3 is 5.11 Å². The summed E-state index contributed by atoms with van der Waals surface area (Å²) in [5.41, 5.74) is 0.146. The Morgan fingerprint density at radius 1 is 0.889 bits per heavy atom. The van der Waals surface area contributed by atoms with Crippen LogP contribution in [0.2, 0.25) is 0 Å². The first-order valence-corrected chi connectivity index (χ1v) is 7.95. The van der Waals surface area contributed by atoms with Crippen LogP contribution in [0.3, 0.4) is 0 Å². The van der Waals surface area contributed by atoms with Crippen LogP contribution in [0.25, 0.3) is 0 Å². The van der Waals surface area contributed by atoms with Crippen molar-refractivity contribution >= 4 is 5.97 Å². The summed E-state index contributed by atoms with van der Waals surface area (Å²) in [7, 11) is 0. The molecule has 0 aromatic carbocycles. The van der Waals surface area contributed by atoms with Crippen molar-refractivity contribution in [3.63, 3.8) is 0 Å². The van der Waals surface area contributed by atoms with Crippen LogP contribution in [-0.4, -0.2) is 11.1 Å². The second-order valence-electron chi connectivity index (χ2n) is 6.54. The van der Waals surface area contributed by atoms with Crippen LogP contribution >= 0.6 is 0 Å². The predicted molar refractivity (Wildman–Crippen MR) is 73.6 cm³/mol. The van der Waals surface area contributed by atoms with Gasteiger partial charge in [0.2, 0.25) is 0 Å². The third-order valence-corrected chi connectivity index (χ3v) is 5.32. The third kappa shape index (κ3) is 3.49. The summed E-state index contributed by atoms with van der Waals surface area (Å²) in [6.07, 6.45) is 15.8. The fraction of sp³-hybridized carbons (Fsp3) is 0.938. The van der Waals surface area contributed by atoms with E-state index in [0.29, 0.717) is 12.3 Å². The van der Waals surface area contributed by atoms with Crippen LogP contribution in [0.1, 0.15) is 83.5 Å². The predicted octanol–water partition coefficient (Wildman–Crippen LogP) is 4.77. The van der Waals surface area contributed by atoms with Crippen LogP contribution in [0.5, 0.6) is 0 Å². The van der Waals surface area contributed by atoms with Crippen LogP contribution in [0.15, 0.2) is 0 Å². The van der Waals surface area contributed by atoms with Crippen molar-refractivity contribution in [1.29, 1.82) is 0 Å². The lowest BCUT2D eigenvalue weighted by atomic mass is 9.61. The van der Waals surface area contributed by atoms with Gasteiger partial charge in [-0.2, -0.15) is 0 Å². The molecule has 0 aliphatic heterocycles. The zero-order chi connectivity index (χ0) is 12.8. The minimum Gasteiger partial charge on any atom is -0.481 e. The molecule has 0 amide bonds. The largest absolute Gasteiger partial charge is 0.481 e. The molecule has 0 aromatic rings. The van der Waals surface area contributed by atoms with Crippen molar-refractivity contribution < 1.29 is 9.90 Å². The highest BCUT2D eigenvalue weighted by molar-refractivity contribution is 5.67. The Bertz CT molecular complexity index is 258. The first-order chi connectivity index (χ1) is 8.73. The minimum atomic E-state index is -0.568. The molecular weight excluding hydrogens is 224 g/mol. The van der Waals surface area contributed by atoms with Gasteiger partial charge in [-0.25, -0.2) is 0 Å². The van der Waals surface area contributed by atoms with Crippen LogP contribution in [0, 0.1) is 11.3 Å². The van der Waals surface area contributed by atoms with Crippen molar-refractivity contribution in [1.82, 2.24) is 0 Å². The quantitative estimate of drug-likeness (QED) is 0.785. The van der Waals surface area contributed by atoms with Gasteiger partial charge in [0.05, 0.1) is 6.42 Å². The SMILES string of the molecule is O=C(O)CC1(C2CCCCC2)CCCCCCC1. The third-order valence-electron chi connectivity index (χ3n) is 5.32. The molecule has 2 aliphatic carbocycles. The average molecular weight is 252 g/mol. The standard InChI is InChI=1S/C16H28O2/c17-15(18)13-16(14-9-5-4-6-10-14)11-7-2-1-3-8-12-16/h14H,1-13H2,(H,17,18). The van der Waals surface area contributed by atoms with E-state index in [2.05, 4.69) is 0 Å². The molecule has 0 spiro atoms. The summed E-state index contributed by atoms with van der Waals surface area (Å²) in [5, 5.41) is 9.32. The molecule has 0 bridgehead atoms. The molecule has 104 valence electrons. The van der Waals surface area contributed by atoms with Crippen molar-refractivity contribution in [3.05, 3.63) is 0 Å². The molecule has 2 aliphatic rings. The zero-order valence-corrected chi connectivity index (χ0v) is 11.6. The molecule has 1 N–H and O–H groups in total. The maximum atomic E-state index is 11.3. The van der Waals surface area contributed by atoms with E-state index in [1.807, 2.05) is 0 Å². The summed E-state index contributed by atoms with van der Waals surface area (Å²) in [6, 6.07) is 0. The highest BCUT2D eigenvalue weighted by atomic mass is 16.4. The van der Waals surface area contributed by atoms with Gasteiger partial charge in [-0.1, -0.05) is 51.4 Å². The van der Waals surface area contributed by atoms with Gasteiger partial charge >= 0.3 is 5.97 Å². The zero-order valence-electron chi connectivity index (χ0n) is 11.6. The van der Waals surface area contributed by atoms with Crippen molar-refractivity contribution in [2.75, 3.05) is 0 Å². The highest BCUT2D eigenvalue weighted by Gasteiger charge is 2.40.